The lowest BCUT2D eigenvalue weighted by Crippen LogP contribution is -2.69. The first kappa shape index (κ1) is 26.6. The van der Waals surface area contributed by atoms with Crippen molar-refractivity contribution < 1.29 is 30.3 Å². The number of aliphatic hydroxyl groups is 4. The molecule has 204 valence electrons. The van der Waals surface area contributed by atoms with Crippen molar-refractivity contribution in [3.63, 3.8) is 0 Å². The van der Waals surface area contributed by atoms with Gasteiger partial charge in [0.15, 0.2) is 0 Å². The van der Waals surface area contributed by atoms with Gasteiger partial charge in [0, 0.05) is 5.41 Å². The van der Waals surface area contributed by atoms with Crippen LogP contribution in [0.25, 0.3) is 0 Å². The van der Waals surface area contributed by atoms with Crippen LogP contribution in [0.15, 0.2) is 11.6 Å². The van der Waals surface area contributed by atoms with Crippen LogP contribution in [0.1, 0.15) is 92.9 Å². The van der Waals surface area contributed by atoms with E-state index in [2.05, 4.69) is 40.7 Å². The smallest absolute Gasteiger partial charge is 0.312 e. The Bertz CT molecular complexity index is 974. The van der Waals surface area contributed by atoms with Crippen molar-refractivity contribution >= 4 is 5.97 Å². The van der Waals surface area contributed by atoms with Gasteiger partial charge in [-0.15, -0.1) is 0 Å². The zero-order valence-corrected chi connectivity index (χ0v) is 23.0. The van der Waals surface area contributed by atoms with Gasteiger partial charge in [-0.25, -0.2) is 0 Å². The highest BCUT2D eigenvalue weighted by molar-refractivity contribution is 5.77. The van der Waals surface area contributed by atoms with Crippen LogP contribution in [0.5, 0.6) is 0 Å². The third kappa shape index (κ3) is 3.02. The molecule has 5 rings (SSSR count). The molecule has 5 aliphatic carbocycles. The van der Waals surface area contributed by atoms with Gasteiger partial charge < -0.3 is 25.5 Å². The van der Waals surface area contributed by atoms with E-state index in [1.807, 2.05) is 6.92 Å². The molecule has 4 saturated carbocycles. The van der Waals surface area contributed by atoms with Crippen molar-refractivity contribution in [1.29, 1.82) is 0 Å². The molecule has 0 aromatic carbocycles. The number of hydrogen-bond acceptors (Lipinski definition) is 5. The van der Waals surface area contributed by atoms with Gasteiger partial charge >= 0.3 is 5.97 Å². The lowest BCUT2D eigenvalue weighted by atomic mass is 9.33. The van der Waals surface area contributed by atoms with E-state index in [0.29, 0.717) is 19.3 Å². The molecule has 0 spiro atoms. The maximum Gasteiger partial charge on any atom is 0.312 e. The van der Waals surface area contributed by atoms with Gasteiger partial charge in [-0.2, -0.15) is 0 Å². The highest BCUT2D eigenvalue weighted by Crippen LogP contribution is 2.75. The Morgan fingerprint density at radius 2 is 1.61 bits per heavy atom. The van der Waals surface area contributed by atoms with Crippen molar-refractivity contribution in [2.24, 2.45) is 50.2 Å². The van der Waals surface area contributed by atoms with Crippen LogP contribution >= 0.6 is 0 Å². The van der Waals surface area contributed by atoms with Gasteiger partial charge in [-0.3, -0.25) is 4.79 Å². The van der Waals surface area contributed by atoms with E-state index in [1.165, 1.54) is 5.57 Å². The number of carboxylic acid groups (broad SMARTS) is 1. The molecule has 0 bridgehead atoms. The fourth-order valence-corrected chi connectivity index (χ4v) is 10.9. The first-order chi connectivity index (χ1) is 16.5. The Balaban J connectivity index is 1.64. The lowest BCUT2D eigenvalue weighted by molar-refractivity contribution is -0.248. The van der Waals surface area contributed by atoms with Crippen LogP contribution in [0.2, 0.25) is 0 Å². The standard InChI is InChI=1S/C30H48O6/c1-25(2)11-12-30(24(35)36)18(13-25)17-7-8-21-26(3)14-19(32)23(34)27(4,16-31)20(26)9-10-28(21,5)29(17,6)15-22(30)33/h7,18-23,31-34H,8-16H2,1-6H3,(H,35,36)/t18-,19-,20?,21?,22?,23-,26-,27-,28+,29?,30+/m0/s1. The van der Waals surface area contributed by atoms with Crippen molar-refractivity contribution in [2.75, 3.05) is 6.61 Å². The van der Waals surface area contributed by atoms with Crippen LogP contribution in [0, 0.1) is 50.2 Å². The van der Waals surface area contributed by atoms with E-state index in [1.54, 1.807) is 0 Å². The molecule has 0 aliphatic heterocycles. The SMILES string of the molecule is CC1(C)CC[C@]2(C(=O)O)C(O)CC3(C)C(=CCC4[C@@]5(C)C[C@H](O)[C@H](O)[C@@](C)(CO)C5CC[C@]43C)[C@@H]2C1. The molecule has 5 aliphatic rings. The number of aliphatic hydroxyl groups excluding tert-OH is 4. The molecule has 4 unspecified atom stereocenters. The Morgan fingerprint density at radius 1 is 0.944 bits per heavy atom. The monoisotopic (exact) mass is 504 g/mol. The molecule has 0 heterocycles. The van der Waals surface area contributed by atoms with E-state index in [9.17, 15) is 30.3 Å². The second kappa shape index (κ2) is 7.80. The molecule has 6 nitrogen and oxygen atoms in total. The molecule has 0 aromatic rings. The fraction of sp³-hybridized carbons (Fsp3) is 0.900. The van der Waals surface area contributed by atoms with Gasteiger partial charge in [0.1, 0.15) is 5.41 Å². The highest BCUT2D eigenvalue weighted by atomic mass is 16.4. The van der Waals surface area contributed by atoms with E-state index in [-0.39, 0.29) is 46.0 Å². The highest BCUT2D eigenvalue weighted by Gasteiger charge is 2.72. The summed E-state index contributed by atoms with van der Waals surface area (Å²) in [7, 11) is 0. The normalized spacial score (nSPS) is 55.9. The Labute approximate surface area is 216 Å². The zero-order chi connectivity index (χ0) is 26.7. The maximum absolute atomic E-state index is 12.8. The fourth-order valence-electron chi connectivity index (χ4n) is 10.9. The predicted molar refractivity (Wildman–Crippen MR) is 137 cm³/mol. The average Bonchev–Trinajstić information content (AvgIpc) is 2.77. The van der Waals surface area contributed by atoms with Crippen LogP contribution < -0.4 is 0 Å². The number of carboxylic acids is 1. The minimum Gasteiger partial charge on any atom is -0.481 e. The van der Waals surface area contributed by atoms with Crippen LogP contribution in [-0.4, -0.2) is 56.4 Å². The minimum absolute atomic E-state index is 0.0242. The molecule has 5 N–H and O–H groups in total. The number of carbonyl (C=O) groups is 1. The molecular formula is C30H48O6. The largest absolute Gasteiger partial charge is 0.481 e. The molecule has 0 saturated heterocycles. The second-order valence-corrected chi connectivity index (χ2v) is 15.2. The number of allylic oxidation sites excluding steroid dienone is 2. The number of hydrogen-bond donors (Lipinski definition) is 5. The van der Waals surface area contributed by atoms with Gasteiger partial charge in [-0.05, 0) is 90.8 Å². The van der Waals surface area contributed by atoms with Gasteiger partial charge in [0.2, 0.25) is 0 Å². The van der Waals surface area contributed by atoms with Crippen LogP contribution in [-0.2, 0) is 4.79 Å². The van der Waals surface area contributed by atoms with Crippen molar-refractivity contribution in [3.05, 3.63) is 11.6 Å². The van der Waals surface area contributed by atoms with E-state index in [0.717, 1.165) is 32.1 Å². The summed E-state index contributed by atoms with van der Waals surface area (Å²) in [6.45, 7) is 13.1. The Hall–Kier alpha value is -0.950. The number of rotatable bonds is 2. The molecule has 36 heavy (non-hydrogen) atoms. The summed E-state index contributed by atoms with van der Waals surface area (Å²) in [4.78, 5) is 12.8. The van der Waals surface area contributed by atoms with Crippen molar-refractivity contribution in [2.45, 2.75) is 111 Å². The van der Waals surface area contributed by atoms with E-state index < -0.39 is 35.1 Å². The quantitative estimate of drug-likeness (QED) is 0.361. The summed E-state index contributed by atoms with van der Waals surface area (Å²) >= 11 is 0. The Kier molecular flexibility index (Phi) is 5.77. The first-order valence-corrected chi connectivity index (χ1v) is 14.1. The molecule has 0 aromatic heterocycles. The Morgan fingerprint density at radius 3 is 2.22 bits per heavy atom. The molecule has 6 heteroatoms. The third-order valence-electron chi connectivity index (χ3n) is 13.2. The summed E-state index contributed by atoms with van der Waals surface area (Å²) in [5.74, 6) is -0.765. The molecular weight excluding hydrogens is 456 g/mol. The molecule has 11 atom stereocenters. The van der Waals surface area contributed by atoms with Gasteiger partial charge in [0.05, 0.1) is 24.9 Å². The summed E-state index contributed by atoms with van der Waals surface area (Å²) in [5.41, 5.74) is -1.44. The summed E-state index contributed by atoms with van der Waals surface area (Å²) in [6.07, 6.45) is 5.13. The topological polar surface area (TPSA) is 118 Å². The number of fused-ring (bicyclic) bond motifs is 7. The van der Waals surface area contributed by atoms with Crippen molar-refractivity contribution in [3.8, 4) is 0 Å². The van der Waals surface area contributed by atoms with Crippen LogP contribution in [0.3, 0.4) is 0 Å². The minimum atomic E-state index is -1.12. The lowest BCUT2D eigenvalue weighted by Gasteiger charge is -2.72. The average molecular weight is 505 g/mol. The predicted octanol–water partition coefficient (Wildman–Crippen LogP) is 4.15. The van der Waals surface area contributed by atoms with Crippen molar-refractivity contribution in [1.82, 2.24) is 0 Å². The third-order valence-corrected chi connectivity index (χ3v) is 13.2. The first-order valence-electron chi connectivity index (χ1n) is 14.1. The van der Waals surface area contributed by atoms with E-state index >= 15 is 0 Å². The molecule has 0 amide bonds. The van der Waals surface area contributed by atoms with Gasteiger partial charge in [-0.1, -0.05) is 53.2 Å². The maximum atomic E-state index is 12.8. The van der Waals surface area contributed by atoms with Gasteiger partial charge in [0.25, 0.3) is 0 Å². The van der Waals surface area contributed by atoms with E-state index in [4.69, 9.17) is 0 Å². The molecule has 4 fully saturated rings. The van der Waals surface area contributed by atoms with Crippen LogP contribution in [0.4, 0.5) is 0 Å². The zero-order valence-electron chi connectivity index (χ0n) is 23.0. The molecule has 0 radical (unpaired) electrons. The second-order valence-electron chi connectivity index (χ2n) is 15.2. The summed E-state index contributed by atoms with van der Waals surface area (Å²) < 4.78 is 0. The summed E-state index contributed by atoms with van der Waals surface area (Å²) in [6, 6.07) is 0. The number of aliphatic carboxylic acids is 1. The summed E-state index contributed by atoms with van der Waals surface area (Å²) in [5, 5.41) is 54.5.